The number of rotatable bonds is 7. The van der Waals surface area contributed by atoms with Crippen molar-refractivity contribution in [2.24, 2.45) is 0 Å². The van der Waals surface area contributed by atoms with Crippen LogP contribution in [0.1, 0.15) is 18.1 Å². The van der Waals surface area contributed by atoms with Crippen LogP contribution in [0.2, 0.25) is 5.02 Å². The lowest BCUT2D eigenvalue weighted by Crippen LogP contribution is -2.35. The molecular weight excluding hydrogens is 464 g/mol. The number of benzene rings is 3. The summed E-state index contributed by atoms with van der Waals surface area (Å²) in [7, 11) is -3.84. The first-order valence-corrected chi connectivity index (χ1v) is 12.9. The molecule has 0 aliphatic heterocycles. The van der Waals surface area contributed by atoms with Crippen LogP contribution in [-0.4, -0.2) is 25.1 Å². The van der Waals surface area contributed by atoms with Crippen molar-refractivity contribution >= 4 is 54.0 Å². The van der Waals surface area contributed by atoms with Crippen molar-refractivity contribution in [3.05, 3.63) is 88.9 Å². The summed E-state index contributed by atoms with van der Waals surface area (Å²) >= 11 is 7.26. The number of amides is 1. The highest BCUT2D eigenvalue weighted by Crippen LogP contribution is 2.31. The highest BCUT2D eigenvalue weighted by molar-refractivity contribution is 7.92. The fourth-order valence-corrected chi connectivity index (χ4v) is 5.66. The average Bonchev–Trinajstić information content (AvgIpc) is 3.21. The summed E-state index contributed by atoms with van der Waals surface area (Å²) in [5.74, 6) is -1.18. The Labute approximate surface area is 196 Å². The summed E-state index contributed by atoms with van der Waals surface area (Å²) in [6, 6.07) is 21.3. The number of carbonyl (C=O) groups excluding carboxylic acids is 1. The first kappa shape index (κ1) is 22.5. The van der Waals surface area contributed by atoms with Crippen LogP contribution in [0.4, 0.5) is 5.13 Å². The molecular formula is C24H21ClN2O3S2. The Morgan fingerprint density at radius 1 is 1.00 bits per heavy atom. The molecule has 0 aliphatic carbocycles. The predicted octanol–water partition coefficient (Wildman–Crippen LogP) is 5.52. The smallest absolute Gasteiger partial charge is 0.244 e. The second kappa shape index (κ2) is 9.40. The van der Waals surface area contributed by atoms with Gasteiger partial charge in [0.15, 0.2) is 15.0 Å². The third kappa shape index (κ3) is 5.01. The number of thiazole rings is 1. The van der Waals surface area contributed by atoms with Gasteiger partial charge in [0.2, 0.25) is 5.91 Å². The van der Waals surface area contributed by atoms with Crippen molar-refractivity contribution in [3.8, 4) is 0 Å². The molecule has 0 aliphatic rings. The van der Waals surface area contributed by atoms with Crippen molar-refractivity contribution in [3.63, 3.8) is 0 Å². The molecule has 1 amide bonds. The van der Waals surface area contributed by atoms with Gasteiger partial charge in [0, 0.05) is 5.02 Å². The van der Waals surface area contributed by atoms with Gasteiger partial charge in [0.1, 0.15) is 5.75 Å². The van der Waals surface area contributed by atoms with Crippen molar-refractivity contribution in [1.82, 2.24) is 4.98 Å². The molecule has 32 heavy (non-hydrogen) atoms. The van der Waals surface area contributed by atoms with Gasteiger partial charge in [-0.1, -0.05) is 66.3 Å². The quantitative estimate of drug-likeness (QED) is 0.346. The van der Waals surface area contributed by atoms with E-state index in [4.69, 9.17) is 11.6 Å². The Morgan fingerprint density at radius 2 is 1.72 bits per heavy atom. The fourth-order valence-electron chi connectivity index (χ4n) is 3.29. The minimum atomic E-state index is -3.84. The van der Waals surface area contributed by atoms with Gasteiger partial charge >= 0.3 is 0 Å². The van der Waals surface area contributed by atoms with E-state index in [1.165, 1.54) is 46.1 Å². The monoisotopic (exact) mass is 484 g/mol. The molecule has 1 aromatic heterocycles. The van der Waals surface area contributed by atoms with E-state index in [0.717, 1.165) is 22.2 Å². The third-order valence-corrected chi connectivity index (χ3v) is 7.96. The molecule has 8 heteroatoms. The maximum absolute atomic E-state index is 13.3. The van der Waals surface area contributed by atoms with E-state index in [1.54, 1.807) is 0 Å². The summed E-state index contributed by atoms with van der Waals surface area (Å²) in [5.41, 5.74) is 2.85. The van der Waals surface area contributed by atoms with E-state index in [0.29, 0.717) is 10.2 Å². The molecule has 0 bridgehead atoms. The lowest BCUT2D eigenvalue weighted by molar-refractivity contribution is -0.116. The van der Waals surface area contributed by atoms with Crippen LogP contribution in [0.15, 0.2) is 77.7 Å². The largest absolute Gasteiger partial charge is 0.283 e. The van der Waals surface area contributed by atoms with Gasteiger partial charge in [0.05, 0.1) is 21.7 Å². The Balaban J connectivity index is 1.69. The number of halogens is 1. The molecule has 0 saturated carbocycles. The maximum atomic E-state index is 13.3. The van der Waals surface area contributed by atoms with E-state index in [9.17, 15) is 13.2 Å². The topological polar surface area (TPSA) is 67.3 Å². The number of fused-ring (bicyclic) bond motifs is 1. The zero-order valence-electron chi connectivity index (χ0n) is 17.4. The van der Waals surface area contributed by atoms with Gasteiger partial charge in [-0.25, -0.2) is 13.4 Å². The van der Waals surface area contributed by atoms with E-state index in [-0.39, 0.29) is 11.4 Å². The van der Waals surface area contributed by atoms with Gasteiger partial charge in [-0.05, 0) is 53.9 Å². The van der Waals surface area contributed by atoms with Crippen LogP contribution < -0.4 is 4.90 Å². The fraction of sp³-hybridized carbons (Fsp3) is 0.167. The van der Waals surface area contributed by atoms with Gasteiger partial charge in [-0.15, -0.1) is 0 Å². The van der Waals surface area contributed by atoms with Crippen LogP contribution in [0.3, 0.4) is 0 Å². The Kier molecular flexibility index (Phi) is 6.60. The van der Waals surface area contributed by atoms with Crippen LogP contribution >= 0.6 is 22.9 Å². The molecule has 0 fully saturated rings. The van der Waals surface area contributed by atoms with Crippen LogP contribution in [0.5, 0.6) is 0 Å². The number of nitrogens with zero attached hydrogens (tertiary/aromatic N) is 2. The number of hydrogen-bond donors (Lipinski definition) is 0. The normalized spacial score (nSPS) is 11.6. The average molecular weight is 485 g/mol. The molecule has 0 unspecified atom stereocenters. The zero-order chi connectivity index (χ0) is 22.7. The lowest BCUT2D eigenvalue weighted by atomic mass is 10.2. The zero-order valence-corrected chi connectivity index (χ0v) is 19.8. The SMILES string of the molecule is CCc1ccc2nc(N(Cc3ccccc3)C(=O)CS(=O)(=O)c3ccc(Cl)cc3)sc2c1. The van der Waals surface area contributed by atoms with Gasteiger partial charge in [0.25, 0.3) is 0 Å². The summed E-state index contributed by atoms with van der Waals surface area (Å²) in [5, 5.41) is 0.912. The van der Waals surface area contributed by atoms with Crippen LogP contribution in [0, 0.1) is 0 Å². The third-order valence-electron chi connectivity index (χ3n) is 5.05. The van der Waals surface area contributed by atoms with Crippen molar-refractivity contribution in [2.45, 2.75) is 24.8 Å². The second-order valence-corrected chi connectivity index (χ2v) is 10.8. The molecule has 1 heterocycles. The Morgan fingerprint density at radius 3 is 2.41 bits per heavy atom. The second-order valence-electron chi connectivity index (χ2n) is 7.33. The molecule has 4 aromatic rings. The molecule has 0 spiro atoms. The molecule has 3 aromatic carbocycles. The molecule has 0 radical (unpaired) electrons. The molecule has 0 atom stereocenters. The molecule has 0 N–H and O–H groups in total. The summed E-state index contributed by atoms with van der Waals surface area (Å²) < 4.78 is 26.7. The highest BCUT2D eigenvalue weighted by Gasteiger charge is 2.27. The summed E-state index contributed by atoms with van der Waals surface area (Å²) in [6.07, 6.45) is 0.898. The molecule has 4 rings (SSSR count). The van der Waals surface area contributed by atoms with Crippen LogP contribution in [-0.2, 0) is 27.6 Å². The predicted molar refractivity (Wildman–Crippen MR) is 130 cm³/mol. The molecule has 0 saturated heterocycles. The minimum absolute atomic E-state index is 0.0619. The van der Waals surface area contributed by atoms with Gasteiger partial charge < -0.3 is 0 Å². The summed E-state index contributed by atoms with van der Waals surface area (Å²) in [6.45, 7) is 2.31. The lowest BCUT2D eigenvalue weighted by Gasteiger charge is -2.20. The van der Waals surface area contributed by atoms with E-state index in [2.05, 4.69) is 18.0 Å². The minimum Gasteiger partial charge on any atom is -0.283 e. The van der Waals surface area contributed by atoms with E-state index in [1.807, 2.05) is 42.5 Å². The van der Waals surface area contributed by atoms with E-state index < -0.39 is 21.5 Å². The number of anilines is 1. The van der Waals surface area contributed by atoms with Gasteiger partial charge in [-0.2, -0.15) is 0 Å². The number of sulfone groups is 1. The number of aromatic nitrogens is 1. The van der Waals surface area contributed by atoms with Crippen molar-refractivity contribution in [2.75, 3.05) is 10.7 Å². The standard InChI is InChI=1S/C24H21ClN2O3S2/c1-2-17-8-13-21-22(14-17)31-24(26-21)27(15-18-6-4-3-5-7-18)23(28)16-32(29,30)20-11-9-19(25)10-12-20/h3-14H,2,15-16H2,1H3. The maximum Gasteiger partial charge on any atom is 0.244 e. The van der Waals surface area contributed by atoms with Gasteiger partial charge in [-0.3, -0.25) is 9.69 Å². The van der Waals surface area contributed by atoms with Crippen molar-refractivity contribution < 1.29 is 13.2 Å². The van der Waals surface area contributed by atoms with Crippen LogP contribution in [0.25, 0.3) is 10.2 Å². The molecule has 164 valence electrons. The number of aryl methyl sites for hydroxylation is 1. The van der Waals surface area contributed by atoms with E-state index >= 15 is 0 Å². The first-order chi connectivity index (χ1) is 15.4. The van der Waals surface area contributed by atoms with Crippen molar-refractivity contribution in [1.29, 1.82) is 0 Å². The number of carbonyl (C=O) groups is 1. The Bertz CT molecular complexity index is 1350. The number of hydrogen-bond acceptors (Lipinski definition) is 5. The summed E-state index contributed by atoms with van der Waals surface area (Å²) in [4.78, 5) is 19.4. The highest BCUT2D eigenvalue weighted by atomic mass is 35.5. The first-order valence-electron chi connectivity index (χ1n) is 10.1. The Hall–Kier alpha value is -2.74. The molecule has 5 nitrogen and oxygen atoms in total.